The van der Waals surface area contributed by atoms with Gasteiger partial charge >= 0.3 is 11.8 Å². The number of rotatable bonds is 6. The number of aromatic nitrogens is 2. The lowest BCUT2D eigenvalue weighted by atomic mass is 9.46. The number of hydrogen-bond donors (Lipinski definition) is 1. The highest BCUT2D eigenvalue weighted by molar-refractivity contribution is 9.10. The van der Waals surface area contributed by atoms with Crippen LogP contribution < -0.4 is 5.73 Å². The summed E-state index contributed by atoms with van der Waals surface area (Å²) in [6, 6.07) is 5.44. The summed E-state index contributed by atoms with van der Waals surface area (Å²) < 4.78 is 15.2. The lowest BCUT2D eigenvalue weighted by Gasteiger charge is -2.60. The molecule has 4 saturated carbocycles. The number of nitro groups is 1. The van der Waals surface area contributed by atoms with E-state index in [2.05, 4.69) is 26.2 Å². The van der Waals surface area contributed by atoms with E-state index in [1.165, 1.54) is 24.3 Å². The van der Waals surface area contributed by atoms with Crippen molar-refractivity contribution < 1.29 is 18.9 Å². The Hall–Kier alpha value is -2.82. The summed E-state index contributed by atoms with van der Waals surface area (Å²) in [5, 5.41) is 19.4. The van der Waals surface area contributed by atoms with E-state index in [0.717, 1.165) is 32.1 Å². The second kappa shape index (κ2) is 7.89. The summed E-state index contributed by atoms with van der Waals surface area (Å²) >= 11 is 3.26. The van der Waals surface area contributed by atoms with Crippen LogP contribution in [0.25, 0.3) is 0 Å². The number of carbonyl (C=O) groups is 1. The molecule has 4 bridgehead atoms. The first kappa shape index (κ1) is 22.0. The van der Waals surface area contributed by atoms with Gasteiger partial charge in [0, 0.05) is 5.56 Å². The van der Waals surface area contributed by atoms with Crippen LogP contribution in [0.15, 0.2) is 40.1 Å². The van der Waals surface area contributed by atoms with Crippen LogP contribution in [0.1, 0.15) is 50.5 Å². The van der Waals surface area contributed by atoms with E-state index in [4.69, 9.17) is 10.6 Å². The number of hydrogen-bond acceptors (Lipinski definition) is 6. The summed E-state index contributed by atoms with van der Waals surface area (Å²) in [4.78, 5) is 28.7. The SMILES string of the molecule is N/C(=N\OC(=O)CC12CC3CC(C1)CC(n1cc(Br)c([N+](=O)[O-])n1)(C3)C2)c1ccc(F)cc1. The topological polar surface area (TPSA) is 126 Å². The molecule has 11 heteroatoms. The van der Waals surface area contributed by atoms with Gasteiger partial charge in [0.25, 0.3) is 0 Å². The zero-order chi connectivity index (χ0) is 23.4. The van der Waals surface area contributed by atoms with Crippen molar-refractivity contribution in [1.82, 2.24) is 9.78 Å². The van der Waals surface area contributed by atoms with Gasteiger partial charge < -0.3 is 20.7 Å². The third-order valence-electron chi connectivity index (χ3n) is 7.37. The van der Waals surface area contributed by atoms with Crippen LogP contribution in [0.2, 0.25) is 0 Å². The van der Waals surface area contributed by atoms with E-state index in [1.807, 2.05) is 0 Å². The van der Waals surface area contributed by atoms with Crippen molar-refractivity contribution in [3.63, 3.8) is 0 Å². The van der Waals surface area contributed by atoms with Crippen molar-refractivity contribution in [3.8, 4) is 0 Å². The minimum atomic E-state index is -0.488. The zero-order valence-electron chi connectivity index (χ0n) is 17.7. The molecule has 0 aliphatic heterocycles. The van der Waals surface area contributed by atoms with E-state index in [1.54, 1.807) is 10.9 Å². The summed E-state index contributed by atoms with van der Waals surface area (Å²) in [5.41, 5.74) is 5.74. The summed E-state index contributed by atoms with van der Waals surface area (Å²) in [7, 11) is 0. The number of carbonyl (C=O) groups excluding carboxylic acids is 1. The molecule has 2 aromatic rings. The maximum Gasteiger partial charge on any atom is 0.404 e. The van der Waals surface area contributed by atoms with Crippen molar-refractivity contribution in [2.45, 2.75) is 50.5 Å². The zero-order valence-corrected chi connectivity index (χ0v) is 19.3. The number of benzene rings is 1. The third-order valence-corrected chi connectivity index (χ3v) is 7.93. The first-order valence-electron chi connectivity index (χ1n) is 10.9. The molecule has 33 heavy (non-hydrogen) atoms. The predicted molar refractivity (Wildman–Crippen MR) is 120 cm³/mol. The van der Waals surface area contributed by atoms with E-state index in [9.17, 15) is 19.3 Å². The quantitative estimate of drug-likeness (QED) is 0.200. The second-order valence-electron chi connectivity index (χ2n) is 9.81. The lowest BCUT2D eigenvalue weighted by Crippen LogP contribution is -2.57. The highest BCUT2D eigenvalue weighted by Gasteiger charge is 2.60. The highest BCUT2D eigenvalue weighted by Crippen LogP contribution is 2.65. The normalized spacial score (nSPS) is 30.4. The largest absolute Gasteiger partial charge is 0.404 e. The Balaban J connectivity index is 1.34. The molecule has 0 spiro atoms. The van der Waals surface area contributed by atoms with E-state index >= 15 is 0 Å². The molecule has 2 N–H and O–H groups in total. The fourth-order valence-corrected chi connectivity index (χ4v) is 7.12. The first-order chi connectivity index (χ1) is 15.7. The summed E-state index contributed by atoms with van der Waals surface area (Å²) in [6.07, 6.45) is 7.37. The maximum atomic E-state index is 13.1. The standard InChI is InChI=1S/C22H23BrFN5O4/c23-17-11-28(26-20(17)29(31)32)22-8-13-5-14(9-22)7-21(6-13,12-22)10-18(30)33-27-19(25)15-1-3-16(24)4-2-15/h1-4,11,13-14H,5-10,12H2,(H2,25,27). The van der Waals surface area contributed by atoms with Gasteiger partial charge in [0.2, 0.25) is 0 Å². The Morgan fingerprint density at radius 1 is 1.30 bits per heavy atom. The number of oxime groups is 1. The molecule has 6 rings (SSSR count). The predicted octanol–water partition coefficient (Wildman–Crippen LogP) is 4.24. The van der Waals surface area contributed by atoms with Crippen molar-refractivity contribution in [2.24, 2.45) is 28.1 Å². The Morgan fingerprint density at radius 2 is 1.97 bits per heavy atom. The minimum absolute atomic E-state index is 0.000895. The van der Waals surface area contributed by atoms with E-state index in [0.29, 0.717) is 28.3 Å². The third kappa shape index (κ3) is 4.03. The van der Waals surface area contributed by atoms with Crippen LogP contribution in [-0.2, 0) is 15.2 Å². The van der Waals surface area contributed by atoms with E-state index < -0.39 is 16.7 Å². The molecule has 4 aliphatic carbocycles. The molecule has 2 unspecified atom stereocenters. The van der Waals surface area contributed by atoms with Crippen LogP contribution in [0.3, 0.4) is 0 Å². The number of halogens is 2. The van der Waals surface area contributed by atoms with Crippen molar-refractivity contribution in [3.05, 3.63) is 56.4 Å². The van der Waals surface area contributed by atoms with Crippen LogP contribution in [0.5, 0.6) is 0 Å². The molecule has 174 valence electrons. The van der Waals surface area contributed by atoms with Crippen LogP contribution in [0, 0.1) is 33.2 Å². The fourth-order valence-electron chi connectivity index (χ4n) is 6.70. The molecular formula is C22H23BrFN5O4. The van der Waals surface area contributed by atoms with Gasteiger partial charge in [-0.3, -0.25) is 0 Å². The molecule has 4 aliphatic rings. The highest BCUT2D eigenvalue weighted by atomic mass is 79.9. The van der Waals surface area contributed by atoms with Gasteiger partial charge in [0.1, 0.15) is 10.3 Å². The van der Waals surface area contributed by atoms with Gasteiger partial charge in [-0.15, -0.1) is 0 Å². The molecule has 1 heterocycles. The Morgan fingerprint density at radius 3 is 2.58 bits per heavy atom. The molecule has 2 atom stereocenters. The maximum absolute atomic E-state index is 13.1. The fraction of sp³-hybridized carbons (Fsp3) is 0.500. The van der Waals surface area contributed by atoms with Crippen LogP contribution in [-0.4, -0.2) is 26.5 Å². The Labute approximate surface area is 197 Å². The van der Waals surface area contributed by atoms with Gasteiger partial charge in [0.15, 0.2) is 5.84 Å². The molecule has 1 aromatic carbocycles. The first-order valence-corrected chi connectivity index (χ1v) is 11.7. The van der Waals surface area contributed by atoms with Gasteiger partial charge in [-0.1, -0.05) is 5.16 Å². The Kier molecular flexibility index (Phi) is 5.26. The molecule has 0 amide bonds. The average Bonchev–Trinajstić information content (AvgIpc) is 3.14. The molecule has 0 radical (unpaired) electrons. The molecule has 9 nitrogen and oxygen atoms in total. The molecule has 0 saturated heterocycles. The Bertz CT molecular complexity index is 1130. The van der Waals surface area contributed by atoms with Crippen LogP contribution in [0.4, 0.5) is 10.2 Å². The minimum Gasteiger partial charge on any atom is -0.380 e. The van der Waals surface area contributed by atoms with E-state index in [-0.39, 0.29) is 29.0 Å². The number of nitrogens with zero attached hydrogens (tertiary/aromatic N) is 4. The monoisotopic (exact) mass is 519 g/mol. The van der Waals surface area contributed by atoms with Crippen molar-refractivity contribution in [2.75, 3.05) is 0 Å². The molecular weight excluding hydrogens is 497 g/mol. The number of amidine groups is 1. The number of nitrogens with two attached hydrogens (primary N) is 1. The smallest absolute Gasteiger partial charge is 0.380 e. The van der Waals surface area contributed by atoms with Gasteiger partial charge in [-0.25, -0.2) is 9.18 Å². The van der Waals surface area contributed by atoms with Crippen molar-refractivity contribution >= 4 is 33.6 Å². The second-order valence-corrected chi connectivity index (χ2v) is 10.7. The van der Waals surface area contributed by atoms with Crippen LogP contribution >= 0.6 is 15.9 Å². The van der Waals surface area contributed by atoms with Crippen molar-refractivity contribution in [1.29, 1.82) is 0 Å². The summed E-state index contributed by atoms with van der Waals surface area (Å²) in [6.45, 7) is 0. The van der Waals surface area contributed by atoms with Gasteiger partial charge in [-0.2, -0.15) is 4.68 Å². The molecule has 1 aromatic heterocycles. The average molecular weight is 520 g/mol. The summed E-state index contributed by atoms with van der Waals surface area (Å²) in [5.74, 6) is -0.176. The van der Waals surface area contributed by atoms with Gasteiger partial charge in [0.05, 0.1) is 23.3 Å². The lowest BCUT2D eigenvalue weighted by molar-refractivity contribution is -0.390. The molecule has 4 fully saturated rings. The van der Waals surface area contributed by atoms with Gasteiger partial charge in [-0.05, 0) is 101 Å².